The quantitative estimate of drug-likeness (QED) is 0.669. The molecule has 0 spiro atoms. The van der Waals surface area contributed by atoms with Crippen LogP contribution in [0.1, 0.15) is 31.1 Å². The molecule has 0 aromatic carbocycles. The number of hydrogen-bond acceptors (Lipinski definition) is 5. The van der Waals surface area contributed by atoms with Gasteiger partial charge < -0.3 is 14.3 Å². The molecule has 1 aliphatic heterocycles. The van der Waals surface area contributed by atoms with Crippen LogP contribution in [-0.4, -0.2) is 52.3 Å². The zero-order valence-electron chi connectivity index (χ0n) is 14.9. The van der Waals surface area contributed by atoms with E-state index >= 15 is 0 Å². The van der Waals surface area contributed by atoms with Crippen LogP contribution >= 0.6 is 0 Å². The molecule has 5 rings (SSSR count). The fourth-order valence-corrected chi connectivity index (χ4v) is 5.04. The molecule has 11 heteroatoms. The number of H-pyrrole nitrogens is 1. The number of hydrogen-bond donors (Lipinski definition) is 2. The number of aromatic amines is 1. The molecule has 3 aromatic heterocycles. The lowest BCUT2D eigenvalue weighted by atomic mass is 10.0. The Hall–Kier alpha value is -2.11. The molecular formula is C17H19F2N5O3S. The maximum atomic E-state index is 14.8. The average molecular weight is 411 g/mol. The molecule has 2 N–H and O–H groups in total. The van der Waals surface area contributed by atoms with E-state index in [4.69, 9.17) is 4.74 Å². The molecule has 0 amide bonds. The highest BCUT2D eigenvalue weighted by atomic mass is 32.2. The van der Waals surface area contributed by atoms with Crippen LogP contribution in [0.2, 0.25) is 0 Å². The van der Waals surface area contributed by atoms with E-state index in [1.54, 1.807) is 12.3 Å². The number of fused-ring (bicyclic) bond motifs is 3. The van der Waals surface area contributed by atoms with Crippen molar-refractivity contribution in [1.29, 1.82) is 0 Å². The number of sulfonamides is 1. The number of ether oxygens (including phenoxy) is 1. The second-order valence-electron chi connectivity index (χ2n) is 7.30. The van der Waals surface area contributed by atoms with E-state index in [1.165, 1.54) is 10.8 Å². The Morgan fingerprint density at radius 3 is 2.96 bits per heavy atom. The molecule has 2 aliphatic rings. The smallest absolute Gasteiger partial charge is 0.272 e. The van der Waals surface area contributed by atoms with Gasteiger partial charge in [0.2, 0.25) is 10.0 Å². The predicted molar refractivity (Wildman–Crippen MR) is 97.6 cm³/mol. The van der Waals surface area contributed by atoms with Crippen molar-refractivity contribution in [2.45, 2.75) is 43.0 Å². The van der Waals surface area contributed by atoms with Crippen LogP contribution in [0.3, 0.4) is 0 Å². The molecule has 0 radical (unpaired) electrons. The van der Waals surface area contributed by atoms with E-state index in [2.05, 4.69) is 19.7 Å². The molecule has 2 fully saturated rings. The second-order valence-corrected chi connectivity index (χ2v) is 9.34. The summed E-state index contributed by atoms with van der Waals surface area (Å²) in [6.07, 6.45) is 4.03. The third kappa shape index (κ3) is 2.88. The van der Waals surface area contributed by atoms with Gasteiger partial charge in [0.1, 0.15) is 23.0 Å². The third-order valence-corrected chi connectivity index (χ3v) is 7.25. The summed E-state index contributed by atoms with van der Waals surface area (Å²) in [7, 11) is -3.47. The minimum atomic E-state index is -3.47. The van der Waals surface area contributed by atoms with Crippen LogP contribution in [0, 0.1) is 0 Å². The summed E-state index contributed by atoms with van der Waals surface area (Å²) in [5, 5.41) is 0.255. The van der Waals surface area contributed by atoms with Gasteiger partial charge >= 0.3 is 0 Å². The number of pyridine rings is 1. The molecule has 1 saturated heterocycles. The first-order chi connectivity index (χ1) is 13.4. The molecule has 1 aliphatic carbocycles. The minimum Gasteiger partial charge on any atom is -0.379 e. The Morgan fingerprint density at radius 2 is 2.21 bits per heavy atom. The molecule has 0 bridgehead atoms. The van der Waals surface area contributed by atoms with Crippen molar-refractivity contribution in [1.82, 2.24) is 24.2 Å². The topological polar surface area (TPSA) is 102 Å². The van der Waals surface area contributed by atoms with Gasteiger partial charge in [-0.05, 0) is 18.9 Å². The largest absolute Gasteiger partial charge is 0.379 e. The molecule has 28 heavy (non-hydrogen) atoms. The summed E-state index contributed by atoms with van der Waals surface area (Å²) in [4.78, 5) is 11.7. The molecule has 4 heterocycles. The lowest BCUT2D eigenvalue weighted by Gasteiger charge is -2.33. The van der Waals surface area contributed by atoms with Crippen molar-refractivity contribution in [2.24, 2.45) is 0 Å². The Balaban J connectivity index is 1.66. The SMILES string of the molecule is O=S(=O)(NCc1nc2cnc3[nH]ccc3c2n1C1COCCC1(F)F)C1CC1. The lowest BCUT2D eigenvalue weighted by molar-refractivity contribution is -0.132. The summed E-state index contributed by atoms with van der Waals surface area (Å²) >= 11 is 0. The first-order valence-electron chi connectivity index (χ1n) is 9.14. The van der Waals surface area contributed by atoms with E-state index in [0.29, 0.717) is 34.9 Å². The summed E-state index contributed by atoms with van der Waals surface area (Å²) in [6.45, 7) is -0.345. The fraction of sp³-hybridized carbons (Fsp3) is 0.529. The number of nitrogens with one attached hydrogen (secondary N) is 2. The predicted octanol–water partition coefficient (Wildman–Crippen LogP) is 2.09. The zero-order valence-corrected chi connectivity index (χ0v) is 15.7. The highest BCUT2D eigenvalue weighted by Gasteiger charge is 2.45. The maximum absolute atomic E-state index is 14.8. The van der Waals surface area contributed by atoms with Crippen LogP contribution < -0.4 is 4.72 Å². The van der Waals surface area contributed by atoms with Gasteiger partial charge in [0, 0.05) is 18.0 Å². The van der Waals surface area contributed by atoms with E-state index in [1.807, 2.05) is 0 Å². The van der Waals surface area contributed by atoms with E-state index in [0.717, 1.165) is 0 Å². The maximum Gasteiger partial charge on any atom is 0.272 e. The molecule has 1 unspecified atom stereocenters. The van der Waals surface area contributed by atoms with Gasteiger partial charge in [0.05, 0.1) is 36.7 Å². The van der Waals surface area contributed by atoms with Gasteiger partial charge in [-0.25, -0.2) is 31.9 Å². The standard InChI is InChI=1S/C17H19F2N5O3S/c18-17(19)4-6-27-9-13(17)24-14(8-22-28(25,26)10-1-2-10)23-12-7-21-16-11(15(12)24)3-5-20-16/h3,5,7,10,13,22H,1-2,4,6,8-9H2,(H,20,21). The molecule has 3 aromatic rings. The van der Waals surface area contributed by atoms with Crippen LogP contribution in [0.25, 0.3) is 22.1 Å². The van der Waals surface area contributed by atoms with Crippen molar-refractivity contribution < 1.29 is 21.9 Å². The van der Waals surface area contributed by atoms with Crippen LogP contribution in [0.15, 0.2) is 18.5 Å². The van der Waals surface area contributed by atoms with Crippen molar-refractivity contribution in [2.75, 3.05) is 13.2 Å². The van der Waals surface area contributed by atoms with Crippen LogP contribution in [0.4, 0.5) is 8.78 Å². The van der Waals surface area contributed by atoms with Gasteiger partial charge in [-0.1, -0.05) is 0 Å². The van der Waals surface area contributed by atoms with Crippen molar-refractivity contribution >= 4 is 32.1 Å². The minimum absolute atomic E-state index is 0.0130. The molecule has 150 valence electrons. The Kier molecular flexibility index (Phi) is 3.97. The molecular weight excluding hydrogens is 392 g/mol. The van der Waals surface area contributed by atoms with Crippen LogP contribution in [-0.2, 0) is 21.3 Å². The summed E-state index contributed by atoms with van der Waals surface area (Å²) < 4.78 is 63.3. The van der Waals surface area contributed by atoms with Crippen LogP contribution in [0.5, 0.6) is 0 Å². The number of imidazole rings is 1. The lowest BCUT2D eigenvalue weighted by Crippen LogP contribution is -2.41. The van der Waals surface area contributed by atoms with Gasteiger partial charge in [-0.3, -0.25) is 0 Å². The zero-order chi connectivity index (χ0) is 19.5. The summed E-state index contributed by atoms with van der Waals surface area (Å²) in [5.41, 5.74) is 1.50. The summed E-state index contributed by atoms with van der Waals surface area (Å²) in [6, 6.07) is 0.482. The summed E-state index contributed by atoms with van der Waals surface area (Å²) in [5.74, 6) is -2.77. The first-order valence-corrected chi connectivity index (χ1v) is 10.7. The number of rotatable bonds is 5. The van der Waals surface area contributed by atoms with E-state index < -0.39 is 33.7 Å². The number of alkyl halides is 2. The van der Waals surface area contributed by atoms with Gasteiger partial charge in [-0.2, -0.15) is 0 Å². The average Bonchev–Trinajstić information content (AvgIpc) is 3.30. The van der Waals surface area contributed by atoms with E-state index in [-0.39, 0.29) is 25.6 Å². The Bertz CT molecular complexity index is 1150. The molecule has 1 atom stereocenters. The van der Waals surface area contributed by atoms with Crippen molar-refractivity contribution in [3.8, 4) is 0 Å². The number of halogens is 2. The number of nitrogens with zero attached hydrogens (tertiary/aromatic N) is 3. The Labute approximate surface area is 159 Å². The van der Waals surface area contributed by atoms with Crippen molar-refractivity contribution in [3.63, 3.8) is 0 Å². The fourth-order valence-electron chi connectivity index (χ4n) is 3.72. The highest BCUT2D eigenvalue weighted by Crippen LogP contribution is 2.40. The highest BCUT2D eigenvalue weighted by molar-refractivity contribution is 7.90. The Morgan fingerprint density at radius 1 is 1.39 bits per heavy atom. The van der Waals surface area contributed by atoms with Crippen molar-refractivity contribution in [3.05, 3.63) is 24.3 Å². The third-order valence-electron chi connectivity index (χ3n) is 5.36. The molecule has 8 nitrogen and oxygen atoms in total. The van der Waals surface area contributed by atoms with Gasteiger partial charge in [-0.15, -0.1) is 0 Å². The second kappa shape index (κ2) is 6.19. The molecule has 1 saturated carbocycles. The first kappa shape index (κ1) is 18.0. The monoisotopic (exact) mass is 411 g/mol. The van der Waals surface area contributed by atoms with Gasteiger partial charge in [0.25, 0.3) is 5.92 Å². The van der Waals surface area contributed by atoms with Gasteiger partial charge in [0.15, 0.2) is 0 Å². The normalized spacial score (nSPS) is 22.9. The van der Waals surface area contributed by atoms with E-state index in [9.17, 15) is 17.2 Å². The number of aromatic nitrogens is 4.